The smallest absolute Gasteiger partial charge is 0.251 e. The van der Waals surface area contributed by atoms with Gasteiger partial charge in [-0.25, -0.2) is 4.98 Å². The molecule has 0 unspecified atom stereocenters. The molecular formula is C16H19N3O. The third-order valence-electron chi connectivity index (χ3n) is 3.03. The molecule has 1 aromatic carbocycles. The lowest BCUT2D eigenvalue weighted by atomic mass is 10.1. The van der Waals surface area contributed by atoms with E-state index in [-0.39, 0.29) is 5.91 Å². The van der Waals surface area contributed by atoms with Crippen molar-refractivity contribution in [2.45, 2.75) is 13.8 Å². The fourth-order valence-electron chi connectivity index (χ4n) is 1.83. The Kier molecular flexibility index (Phi) is 4.71. The minimum atomic E-state index is -0.0513. The molecule has 4 heteroatoms. The summed E-state index contributed by atoms with van der Waals surface area (Å²) in [5, 5.41) is 6.08. The Morgan fingerprint density at radius 2 is 1.85 bits per heavy atom. The third kappa shape index (κ3) is 3.82. The van der Waals surface area contributed by atoms with Crippen LogP contribution in [0.3, 0.4) is 0 Å². The summed E-state index contributed by atoms with van der Waals surface area (Å²) in [6, 6.07) is 11.4. The Hall–Kier alpha value is -2.36. The number of benzene rings is 1. The van der Waals surface area contributed by atoms with E-state index in [1.807, 2.05) is 50.2 Å². The van der Waals surface area contributed by atoms with Crippen molar-refractivity contribution in [3.05, 3.63) is 59.3 Å². The van der Waals surface area contributed by atoms with Crippen molar-refractivity contribution in [1.82, 2.24) is 10.3 Å². The average molecular weight is 269 g/mol. The summed E-state index contributed by atoms with van der Waals surface area (Å²) < 4.78 is 0. The molecule has 104 valence electrons. The number of carbonyl (C=O) groups excluding carboxylic acids is 1. The lowest BCUT2D eigenvalue weighted by Gasteiger charge is -2.09. The SMILES string of the molecule is Cc1ccc(C(=O)NCCNc2ncccc2C)cc1. The number of aromatic nitrogens is 1. The van der Waals surface area contributed by atoms with Crippen LogP contribution in [0.2, 0.25) is 0 Å². The van der Waals surface area contributed by atoms with E-state index in [2.05, 4.69) is 15.6 Å². The molecule has 2 N–H and O–H groups in total. The number of hydrogen-bond acceptors (Lipinski definition) is 3. The van der Waals surface area contributed by atoms with Gasteiger partial charge in [-0.2, -0.15) is 0 Å². The molecule has 2 rings (SSSR count). The second-order valence-electron chi connectivity index (χ2n) is 4.72. The quantitative estimate of drug-likeness (QED) is 0.820. The molecule has 20 heavy (non-hydrogen) atoms. The molecule has 0 saturated carbocycles. The van der Waals surface area contributed by atoms with E-state index in [4.69, 9.17) is 0 Å². The van der Waals surface area contributed by atoms with Crippen LogP contribution in [-0.4, -0.2) is 24.0 Å². The normalized spacial score (nSPS) is 10.1. The fourth-order valence-corrected chi connectivity index (χ4v) is 1.83. The highest BCUT2D eigenvalue weighted by Crippen LogP contribution is 2.08. The largest absolute Gasteiger partial charge is 0.368 e. The summed E-state index contributed by atoms with van der Waals surface area (Å²) in [5.41, 5.74) is 2.93. The molecule has 1 amide bonds. The Balaban J connectivity index is 1.77. The highest BCUT2D eigenvalue weighted by molar-refractivity contribution is 5.94. The van der Waals surface area contributed by atoms with Crippen molar-refractivity contribution >= 4 is 11.7 Å². The van der Waals surface area contributed by atoms with Crippen molar-refractivity contribution in [2.75, 3.05) is 18.4 Å². The minimum absolute atomic E-state index is 0.0513. The third-order valence-corrected chi connectivity index (χ3v) is 3.03. The Labute approximate surface area is 119 Å². The predicted octanol–water partition coefficient (Wildman–Crippen LogP) is 2.54. The molecule has 0 bridgehead atoms. The topological polar surface area (TPSA) is 54.0 Å². The number of rotatable bonds is 5. The van der Waals surface area contributed by atoms with E-state index in [0.29, 0.717) is 18.7 Å². The predicted molar refractivity (Wildman–Crippen MR) is 81.0 cm³/mol. The lowest BCUT2D eigenvalue weighted by molar-refractivity contribution is 0.0955. The van der Waals surface area contributed by atoms with Crippen molar-refractivity contribution < 1.29 is 4.79 Å². The molecule has 4 nitrogen and oxygen atoms in total. The number of pyridine rings is 1. The Morgan fingerprint density at radius 3 is 2.55 bits per heavy atom. The van der Waals surface area contributed by atoms with Crippen molar-refractivity contribution in [1.29, 1.82) is 0 Å². The van der Waals surface area contributed by atoms with Crippen LogP contribution in [0.1, 0.15) is 21.5 Å². The van der Waals surface area contributed by atoms with Gasteiger partial charge in [0.05, 0.1) is 0 Å². The van der Waals surface area contributed by atoms with Crippen molar-refractivity contribution in [2.24, 2.45) is 0 Å². The van der Waals surface area contributed by atoms with Crippen LogP contribution >= 0.6 is 0 Å². The summed E-state index contributed by atoms with van der Waals surface area (Å²) in [7, 11) is 0. The van der Waals surface area contributed by atoms with Crippen LogP contribution in [-0.2, 0) is 0 Å². The van der Waals surface area contributed by atoms with Gasteiger partial charge in [-0.3, -0.25) is 4.79 Å². The number of amides is 1. The molecule has 1 heterocycles. The summed E-state index contributed by atoms with van der Waals surface area (Å²) >= 11 is 0. The Morgan fingerprint density at radius 1 is 1.10 bits per heavy atom. The number of nitrogens with one attached hydrogen (secondary N) is 2. The zero-order valence-corrected chi connectivity index (χ0v) is 11.8. The van der Waals surface area contributed by atoms with Crippen LogP contribution in [0.5, 0.6) is 0 Å². The van der Waals surface area contributed by atoms with E-state index in [0.717, 1.165) is 16.9 Å². The van der Waals surface area contributed by atoms with Gasteiger partial charge in [0, 0.05) is 24.8 Å². The Bertz CT molecular complexity index is 579. The highest BCUT2D eigenvalue weighted by atomic mass is 16.1. The van der Waals surface area contributed by atoms with Gasteiger partial charge in [0.2, 0.25) is 0 Å². The van der Waals surface area contributed by atoms with Gasteiger partial charge in [-0.05, 0) is 37.6 Å². The molecule has 0 spiro atoms. The van der Waals surface area contributed by atoms with E-state index >= 15 is 0 Å². The summed E-state index contributed by atoms with van der Waals surface area (Å²) in [6.07, 6.45) is 1.75. The molecule has 0 saturated heterocycles. The number of aryl methyl sites for hydroxylation is 2. The van der Waals surface area contributed by atoms with Crippen LogP contribution < -0.4 is 10.6 Å². The monoisotopic (exact) mass is 269 g/mol. The maximum Gasteiger partial charge on any atom is 0.251 e. The summed E-state index contributed by atoms with van der Waals surface area (Å²) in [4.78, 5) is 16.1. The first-order valence-electron chi connectivity index (χ1n) is 6.67. The van der Waals surface area contributed by atoms with Crippen LogP contribution in [0.15, 0.2) is 42.6 Å². The maximum atomic E-state index is 11.9. The molecule has 1 aromatic heterocycles. The number of anilines is 1. The van der Waals surface area contributed by atoms with Gasteiger partial charge < -0.3 is 10.6 Å². The molecule has 0 aliphatic carbocycles. The highest BCUT2D eigenvalue weighted by Gasteiger charge is 2.04. The first kappa shape index (κ1) is 14.1. The second-order valence-corrected chi connectivity index (χ2v) is 4.72. The zero-order valence-electron chi connectivity index (χ0n) is 11.8. The maximum absolute atomic E-state index is 11.9. The van der Waals surface area contributed by atoms with Crippen LogP contribution in [0.25, 0.3) is 0 Å². The molecule has 0 fully saturated rings. The van der Waals surface area contributed by atoms with Gasteiger partial charge >= 0.3 is 0 Å². The molecule has 2 aromatic rings. The number of hydrogen-bond donors (Lipinski definition) is 2. The molecule has 0 radical (unpaired) electrons. The minimum Gasteiger partial charge on any atom is -0.368 e. The summed E-state index contributed by atoms with van der Waals surface area (Å²) in [6.45, 7) is 5.21. The molecule has 0 aliphatic heterocycles. The fraction of sp³-hybridized carbons (Fsp3) is 0.250. The van der Waals surface area contributed by atoms with E-state index in [1.165, 1.54) is 0 Å². The average Bonchev–Trinajstić information content (AvgIpc) is 2.46. The van der Waals surface area contributed by atoms with Gasteiger partial charge in [-0.1, -0.05) is 23.8 Å². The molecule has 0 aliphatic rings. The van der Waals surface area contributed by atoms with Crippen LogP contribution in [0, 0.1) is 13.8 Å². The van der Waals surface area contributed by atoms with E-state index in [9.17, 15) is 4.79 Å². The van der Waals surface area contributed by atoms with Gasteiger partial charge in [0.1, 0.15) is 5.82 Å². The first-order valence-corrected chi connectivity index (χ1v) is 6.67. The molecular weight excluding hydrogens is 250 g/mol. The van der Waals surface area contributed by atoms with Gasteiger partial charge in [-0.15, -0.1) is 0 Å². The summed E-state index contributed by atoms with van der Waals surface area (Å²) in [5.74, 6) is 0.807. The van der Waals surface area contributed by atoms with E-state index in [1.54, 1.807) is 6.20 Å². The van der Waals surface area contributed by atoms with Crippen LogP contribution in [0.4, 0.5) is 5.82 Å². The van der Waals surface area contributed by atoms with E-state index < -0.39 is 0 Å². The lowest BCUT2D eigenvalue weighted by Crippen LogP contribution is -2.28. The number of carbonyl (C=O) groups is 1. The first-order chi connectivity index (χ1) is 9.66. The second kappa shape index (κ2) is 6.70. The standard InChI is InChI=1S/C16H19N3O/c1-12-5-7-14(8-6-12)16(20)19-11-10-18-15-13(2)4-3-9-17-15/h3-9H,10-11H2,1-2H3,(H,17,18)(H,19,20). The van der Waals surface area contributed by atoms with Gasteiger partial charge in [0.25, 0.3) is 5.91 Å². The molecule has 0 atom stereocenters. The number of nitrogens with zero attached hydrogens (tertiary/aromatic N) is 1. The van der Waals surface area contributed by atoms with Crippen molar-refractivity contribution in [3.8, 4) is 0 Å². The van der Waals surface area contributed by atoms with Crippen molar-refractivity contribution in [3.63, 3.8) is 0 Å². The zero-order chi connectivity index (χ0) is 14.4. The van der Waals surface area contributed by atoms with Gasteiger partial charge in [0.15, 0.2) is 0 Å².